The molecule has 1 aromatic carbocycles. The molecule has 1 saturated heterocycles. The van der Waals surface area contributed by atoms with Crippen LogP contribution in [0.2, 0.25) is 0 Å². The van der Waals surface area contributed by atoms with Gasteiger partial charge in [0, 0.05) is 12.6 Å². The Hall–Kier alpha value is -1.12. The van der Waals surface area contributed by atoms with Crippen molar-refractivity contribution in [2.45, 2.75) is 62.3 Å². The third-order valence-electron chi connectivity index (χ3n) is 4.96. The molecule has 0 amide bonds. The minimum Gasteiger partial charge on any atom is -0.270 e. The number of rotatable bonds is 4. The highest BCUT2D eigenvalue weighted by Crippen LogP contribution is 2.25. The van der Waals surface area contributed by atoms with Crippen LogP contribution in [-0.4, -0.2) is 35.2 Å². The van der Waals surface area contributed by atoms with Crippen molar-refractivity contribution in [1.82, 2.24) is 4.72 Å². The summed E-state index contributed by atoms with van der Waals surface area (Å²) in [7, 11) is -6.85. The van der Waals surface area contributed by atoms with E-state index in [0.29, 0.717) is 18.7 Å². The predicted molar refractivity (Wildman–Crippen MR) is 98.6 cm³/mol. The molecule has 1 N–H and O–H groups in total. The molecule has 140 valence electrons. The third kappa shape index (κ3) is 4.54. The zero-order valence-electron chi connectivity index (χ0n) is 14.4. The topological polar surface area (TPSA) is 83.6 Å². The van der Waals surface area contributed by atoms with Gasteiger partial charge in [0.1, 0.15) is 0 Å². The number of sulfonamides is 2. The van der Waals surface area contributed by atoms with Gasteiger partial charge in [-0.25, -0.2) is 21.6 Å². The van der Waals surface area contributed by atoms with Gasteiger partial charge >= 0.3 is 0 Å². The lowest BCUT2D eigenvalue weighted by molar-refractivity contribution is 0.510. The zero-order chi connectivity index (χ0) is 17.9. The van der Waals surface area contributed by atoms with E-state index in [-0.39, 0.29) is 16.7 Å². The van der Waals surface area contributed by atoms with E-state index >= 15 is 0 Å². The summed E-state index contributed by atoms with van der Waals surface area (Å²) in [6.45, 7) is 0.453. The molecule has 2 aliphatic rings. The largest absolute Gasteiger partial charge is 0.270 e. The number of hydrogen-bond donors (Lipinski definition) is 1. The summed E-state index contributed by atoms with van der Waals surface area (Å²) in [4.78, 5) is 0.190. The summed E-state index contributed by atoms with van der Waals surface area (Å²) >= 11 is 0. The fourth-order valence-corrected chi connectivity index (χ4v) is 6.50. The second kappa shape index (κ2) is 7.63. The van der Waals surface area contributed by atoms with Crippen LogP contribution in [0.4, 0.5) is 5.69 Å². The van der Waals surface area contributed by atoms with Gasteiger partial charge in [0.25, 0.3) is 0 Å². The first kappa shape index (κ1) is 18.7. The molecule has 3 rings (SSSR count). The first-order valence-corrected chi connectivity index (χ1v) is 12.1. The van der Waals surface area contributed by atoms with Crippen molar-refractivity contribution >= 4 is 25.7 Å². The average molecular weight is 387 g/mol. The lowest BCUT2D eigenvalue weighted by atomic mass is 10.1. The molecule has 1 aromatic rings. The van der Waals surface area contributed by atoms with Crippen LogP contribution in [0.5, 0.6) is 0 Å². The second-order valence-electron chi connectivity index (χ2n) is 6.90. The molecule has 0 aromatic heterocycles. The van der Waals surface area contributed by atoms with Gasteiger partial charge in [-0.1, -0.05) is 25.7 Å². The maximum Gasteiger partial charge on any atom is 0.240 e. The van der Waals surface area contributed by atoms with Crippen molar-refractivity contribution in [3.05, 3.63) is 24.3 Å². The molecular weight excluding hydrogens is 360 g/mol. The fourth-order valence-electron chi connectivity index (χ4n) is 3.56. The summed E-state index contributed by atoms with van der Waals surface area (Å²) in [5, 5.41) is 0. The number of anilines is 1. The molecule has 1 aliphatic heterocycles. The van der Waals surface area contributed by atoms with Gasteiger partial charge in [-0.2, -0.15) is 0 Å². The van der Waals surface area contributed by atoms with Crippen LogP contribution in [0, 0.1) is 0 Å². The molecule has 0 atom stereocenters. The first-order chi connectivity index (χ1) is 11.9. The van der Waals surface area contributed by atoms with Gasteiger partial charge in [-0.05, 0) is 49.9 Å². The molecule has 0 radical (unpaired) electrons. The summed E-state index contributed by atoms with van der Waals surface area (Å²) in [5.41, 5.74) is 0.535. The van der Waals surface area contributed by atoms with E-state index in [1.54, 1.807) is 12.1 Å². The Balaban J connectivity index is 1.74. The maximum absolute atomic E-state index is 12.6. The van der Waals surface area contributed by atoms with Gasteiger partial charge < -0.3 is 0 Å². The molecule has 1 aliphatic carbocycles. The van der Waals surface area contributed by atoms with Crippen LogP contribution >= 0.6 is 0 Å². The summed E-state index contributed by atoms with van der Waals surface area (Å²) in [6.07, 6.45) is 7.69. The Morgan fingerprint density at radius 1 is 0.920 bits per heavy atom. The lowest BCUT2D eigenvalue weighted by Gasteiger charge is -2.28. The van der Waals surface area contributed by atoms with Crippen molar-refractivity contribution in [1.29, 1.82) is 0 Å². The van der Waals surface area contributed by atoms with Gasteiger partial charge in [-0.3, -0.25) is 4.31 Å². The van der Waals surface area contributed by atoms with E-state index in [1.807, 2.05) is 0 Å². The van der Waals surface area contributed by atoms with Gasteiger partial charge in [0.2, 0.25) is 20.0 Å². The average Bonchev–Trinajstić information content (AvgIpc) is 2.83. The molecule has 0 unspecified atom stereocenters. The van der Waals surface area contributed by atoms with Crippen LogP contribution in [-0.2, 0) is 20.0 Å². The second-order valence-corrected chi connectivity index (χ2v) is 10.6. The fraction of sp³-hybridized carbons (Fsp3) is 0.647. The van der Waals surface area contributed by atoms with E-state index < -0.39 is 20.0 Å². The number of benzene rings is 1. The SMILES string of the molecule is O=S(=O)(NC1CCCCCC1)c1ccc(N2CCCCS2(=O)=O)cc1. The highest BCUT2D eigenvalue weighted by atomic mass is 32.2. The molecule has 6 nitrogen and oxygen atoms in total. The molecule has 0 spiro atoms. The molecule has 2 fully saturated rings. The van der Waals surface area contributed by atoms with Crippen molar-refractivity contribution in [2.75, 3.05) is 16.6 Å². The molecule has 0 bridgehead atoms. The number of nitrogens with one attached hydrogen (secondary N) is 1. The molecule has 25 heavy (non-hydrogen) atoms. The van der Waals surface area contributed by atoms with E-state index in [2.05, 4.69) is 4.72 Å². The van der Waals surface area contributed by atoms with Gasteiger partial charge in [-0.15, -0.1) is 0 Å². The summed E-state index contributed by atoms with van der Waals surface area (Å²) in [5.74, 6) is 0.149. The van der Waals surface area contributed by atoms with Crippen LogP contribution < -0.4 is 9.03 Å². The quantitative estimate of drug-likeness (QED) is 0.806. The van der Waals surface area contributed by atoms with Crippen molar-refractivity contribution in [3.63, 3.8) is 0 Å². The minimum absolute atomic E-state index is 0.00495. The van der Waals surface area contributed by atoms with Crippen molar-refractivity contribution in [2.24, 2.45) is 0 Å². The highest BCUT2D eigenvalue weighted by Gasteiger charge is 2.27. The monoisotopic (exact) mass is 386 g/mol. The first-order valence-electron chi connectivity index (χ1n) is 9.01. The Morgan fingerprint density at radius 3 is 2.16 bits per heavy atom. The summed E-state index contributed by atoms with van der Waals surface area (Å²) < 4.78 is 53.7. The van der Waals surface area contributed by atoms with Crippen molar-refractivity contribution in [3.8, 4) is 0 Å². The van der Waals surface area contributed by atoms with Crippen LogP contribution in [0.3, 0.4) is 0 Å². The number of hydrogen-bond acceptors (Lipinski definition) is 4. The molecule has 1 heterocycles. The van der Waals surface area contributed by atoms with E-state index in [9.17, 15) is 16.8 Å². The molecule has 8 heteroatoms. The number of nitrogens with zero attached hydrogens (tertiary/aromatic N) is 1. The van der Waals surface area contributed by atoms with Gasteiger partial charge in [0.15, 0.2) is 0 Å². The van der Waals surface area contributed by atoms with Gasteiger partial charge in [0.05, 0.1) is 16.3 Å². The van der Waals surface area contributed by atoms with E-state index in [0.717, 1.165) is 44.9 Å². The Labute approximate surface area is 150 Å². The Morgan fingerprint density at radius 2 is 1.56 bits per heavy atom. The molecule has 1 saturated carbocycles. The maximum atomic E-state index is 12.6. The predicted octanol–water partition coefficient (Wildman–Crippen LogP) is 2.62. The van der Waals surface area contributed by atoms with E-state index in [1.165, 1.54) is 16.4 Å². The highest BCUT2D eigenvalue weighted by molar-refractivity contribution is 7.92. The minimum atomic E-state index is -3.57. The summed E-state index contributed by atoms with van der Waals surface area (Å²) in [6, 6.07) is 6.17. The standard InChI is InChI=1S/C17H26N2O4S2/c20-24(21)14-6-5-13-19(24)16-9-11-17(12-10-16)25(22,23)18-15-7-3-1-2-4-8-15/h9-12,15,18H,1-8,13-14H2. The molecular formula is C17H26N2O4S2. The third-order valence-corrected chi connectivity index (χ3v) is 8.37. The Bertz CT molecular complexity index is 780. The van der Waals surface area contributed by atoms with Crippen LogP contribution in [0.15, 0.2) is 29.2 Å². The van der Waals surface area contributed by atoms with E-state index in [4.69, 9.17) is 0 Å². The zero-order valence-corrected chi connectivity index (χ0v) is 16.0. The Kier molecular flexibility index (Phi) is 5.70. The van der Waals surface area contributed by atoms with Crippen LogP contribution in [0.1, 0.15) is 51.4 Å². The smallest absolute Gasteiger partial charge is 0.240 e. The van der Waals surface area contributed by atoms with Crippen LogP contribution in [0.25, 0.3) is 0 Å². The van der Waals surface area contributed by atoms with Crippen molar-refractivity contribution < 1.29 is 16.8 Å². The normalized spacial score (nSPS) is 22.5. The lowest BCUT2D eigenvalue weighted by Crippen LogP contribution is -2.38.